The predicted octanol–water partition coefficient (Wildman–Crippen LogP) is 5.60. The summed E-state index contributed by atoms with van der Waals surface area (Å²) in [5.41, 5.74) is 4.11. The third-order valence-electron chi connectivity index (χ3n) is 5.92. The summed E-state index contributed by atoms with van der Waals surface area (Å²) in [5, 5.41) is 14.3. The summed E-state index contributed by atoms with van der Waals surface area (Å²) in [7, 11) is 0. The van der Waals surface area contributed by atoms with Crippen molar-refractivity contribution >= 4 is 5.97 Å². The molecule has 1 N–H and O–H groups in total. The maximum absolute atomic E-state index is 11.5. The fourth-order valence-electron chi connectivity index (χ4n) is 4.05. The highest BCUT2D eigenvalue weighted by molar-refractivity contribution is 5.95. The van der Waals surface area contributed by atoms with Gasteiger partial charge in [-0.25, -0.2) is 14.5 Å². The summed E-state index contributed by atoms with van der Waals surface area (Å²) in [4.78, 5) is 20.5. The fourth-order valence-corrected chi connectivity index (χ4v) is 4.05. The summed E-state index contributed by atoms with van der Waals surface area (Å²) < 4.78 is 2.06. The maximum Gasteiger partial charge on any atom is 0.336 e. The zero-order valence-corrected chi connectivity index (χ0v) is 19.5. The molecule has 0 fully saturated rings. The minimum Gasteiger partial charge on any atom is -0.478 e. The molecule has 34 heavy (non-hydrogen) atoms. The van der Waals surface area contributed by atoms with Gasteiger partial charge in [-0.3, -0.25) is 4.98 Å². The normalized spacial score (nSPS) is 11.0. The Balaban J connectivity index is 1.51. The number of carboxylic acids is 1. The SMILES string of the molecule is CCCCCn1nc(CCc2ccccc2)nc1Cc1ccc(-c2cnccc2C(=O)O)cc1. The van der Waals surface area contributed by atoms with Gasteiger partial charge in [-0.1, -0.05) is 74.4 Å². The first-order valence-corrected chi connectivity index (χ1v) is 11.9. The van der Waals surface area contributed by atoms with Crippen LogP contribution in [0.3, 0.4) is 0 Å². The quantitative estimate of drug-likeness (QED) is 0.298. The topological polar surface area (TPSA) is 80.9 Å². The van der Waals surface area contributed by atoms with Crippen LogP contribution in [0.1, 0.15) is 59.3 Å². The van der Waals surface area contributed by atoms with Crippen molar-refractivity contribution < 1.29 is 9.90 Å². The van der Waals surface area contributed by atoms with Crippen LogP contribution in [0.2, 0.25) is 0 Å². The number of rotatable bonds is 11. The molecule has 0 saturated heterocycles. The second kappa shape index (κ2) is 11.4. The summed E-state index contributed by atoms with van der Waals surface area (Å²) in [6.07, 6.45) is 8.94. The molecule has 0 aliphatic carbocycles. The summed E-state index contributed by atoms with van der Waals surface area (Å²) in [5.74, 6) is 0.901. The highest BCUT2D eigenvalue weighted by atomic mass is 16.4. The van der Waals surface area contributed by atoms with Gasteiger partial charge >= 0.3 is 5.97 Å². The second-order valence-corrected chi connectivity index (χ2v) is 8.46. The Morgan fingerprint density at radius 2 is 1.74 bits per heavy atom. The molecule has 4 rings (SSSR count). The third-order valence-corrected chi connectivity index (χ3v) is 5.92. The molecule has 4 aromatic rings. The van der Waals surface area contributed by atoms with Crippen molar-refractivity contribution in [2.24, 2.45) is 0 Å². The van der Waals surface area contributed by atoms with Crippen LogP contribution < -0.4 is 0 Å². The number of aryl methyl sites for hydroxylation is 3. The van der Waals surface area contributed by atoms with Gasteiger partial charge in [-0.15, -0.1) is 0 Å². The lowest BCUT2D eigenvalue weighted by molar-refractivity contribution is 0.0697. The predicted molar refractivity (Wildman–Crippen MR) is 133 cm³/mol. The van der Waals surface area contributed by atoms with Gasteiger partial charge in [0.15, 0.2) is 5.82 Å². The zero-order chi connectivity index (χ0) is 23.8. The van der Waals surface area contributed by atoms with Gasteiger partial charge in [-0.05, 0) is 35.6 Å². The Morgan fingerprint density at radius 3 is 2.47 bits per heavy atom. The van der Waals surface area contributed by atoms with E-state index in [1.54, 1.807) is 6.20 Å². The molecular formula is C28H30N4O2. The van der Waals surface area contributed by atoms with Gasteiger partial charge in [-0.2, -0.15) is 5.10 Å². The van der Waals surface area contributed by atoms with Crippen LogP contribution in [0.15, 0.2) is 73.1 Å². The highest BCUT2D eigenvalue weighted by Crippen LogP contribution is 2.24. The fraction of sp³-hybridized carbons (Fsp3) is 0.286. The van der Waals surface area contributed by atoms with E-state index < -0.39 is 5.97 Å². The van der Waals surface area contributed by atoms with Crippen LogP contribution in [-0.4, -0.2) is 30.8 Å². The van der Waals surface area contributed by atoms with Crippen molar-refractivity contribution in [3.8, 4) is 11.1 Å². The van der Waals surface area contributed by atoms with Crippen molar-refractivity contribution in [3.63, 3.8) is 0 Å². The molecule has 6 heteroatoms. The molecule has 0 aliphatic heterocycles. The molecule has 0 spiro atoms. The lowest BCUT2D eigenvalue weighted by atomic mass is 10.00. The van der Waals surface area contributed by atoms with E-state index in [0.29, 0.717) is 12.0 Å². The standard InChI is InChI=1S/C28H30N4O2/c1-2-3-7-18-32-27(30-26(31-32)15-12-21-8-5-4-6-9-21)19-22-10-13-23(14-11-22)25-20-29-17-16-24(25)28(33)34/h4-6,8-11,13-14,16-17,20H,2-3,7,12,15,18-19H2,1H3,(H,33,34). The molecular weight excluding hydrogens is 424 g/mol. The molecule has 0 amide bonds. The van der Waals surface area contributed by atoms with E-state index in [-0.39, 0.29) is 5.56 Å². The van der Waals surface area contributed by atoms with Crippen LogP contribution in [0.25, 0.3) is 11.1 Å². The Bertz CT molecular complexity index is 1220. The molecule has 174 valence electrons. The number of aromatic nitrogens is 4. The van der Waals surface area contributed by atoms with Crippen LogP contribution in [-0.2, 0) is 25.8 Å². The van der Waals surface area contributed by atoms with Gasteiger partial charge in [0.05, 0.1) is 5.56 Å². The summed E-state index contributed by atoms with van der Waals surface area (Å²) >= 11 is 0. The van der Waals surface area contributed by atoms with Gasteiger partial charge in [0.2, 0.25) is 0 Å². The largest absolute Gasteiger partial charge is 0.478 e. The van der Waals surface area contributed by atoms with E-state index in [2.05, 4.69) is 40.9 Å². The van der Waals surface area contributed by atoms with Crippen molar-refractivity contribution in [2.75, 3.05) is 0 Å². The molecule has 2 aromatic heterocycles. The van der Waals surface area contributed by atoms with Crippen LogP contribution in [0.4, 0.5) is 0 Å². The first kappa shape index (κ1) is 23.4. The lowest BCUT2D eigenvalue weighted by Gasteiger charge is -2.08. The number of unbranched alkanes of at least 4 members (excludes halogenated alkanes) is 2. The zero-order valence-electron chi connectivity index (χ0n) is 19.5. The van der Waals surface area contributed by atoms with E-state index in [1.165, 1.54) is 30.7 Å². The molecule has 2 aromatic carbocycles. The van der Waals surface area contributed by atoms with Crippen molar-refractivity contribution in [1.82, 2.24) is 19.7 Å². The number of hydrogen-bond acceptors (Lipinski definition) is 4. The number of carboxylic acid groups (broad SMARTS) is 1. The van der Waals surface area contributed by atoms with E-state index in [4.69, 9.17) is 10.1 Å². The van der Waals surface area contributed by atoms with Gasteiger partial charge in [0.25, 0.3) is 0 Å². The lowest BCUT2D eigenvalue weighted by Crippen LogP contribution is -2.07. The molecule has 0 saturated carbocycles. The minimum atomic E-state index is -0.954. The molecule has 0 aliphatic rings. The molecule has 0 atom stereocenters. The molecule has 0 bridgehead atoms. The van der Waals surface area contributed by atoms with Crippen molar-refractivity contribution in [2.45, 2.75) is 52.0 Å². The Morgan fingerprint density at radius 1 is 0.941 bits per heavy atom. The van der Waals surface area contributed by atoms with Crippen molar-refractivity contribution in [3.05, 3.63) is 101 Å². The monoisotopic (exact) mass is 454 g/mol. The van der Waals surface area contributed by atoms with Gasteiger partial charge in [0, 0.05) is 37.3 Å². The average molecular weight is 455 g/mol. The minimum absolute atomic E-state index is 0.251. The van der Waals surface area contributed by atoms with E-state index in [9.17, 15) is 9.90 Å². The molecule has 2 heterocycles. The second-order valence-electron chi connectivity index (χ2n) is 8.46. The Hall–Kier alpha value is -3.80. The van der Waals surface area contributed by atoms with Crippen molar-refractivity contribution in [1.29, 1.82) is 0 Å². The number of nitrogens with zero attached hydrogens (tertiary/aromatic N) is 4. The summed E-state index contributed by atoms with van der Waals surface area (Å²) in [6.45, 7) is 3.07. The Labute approximate surface area is 200 Å². The Kier molecular flexibility index (Phi) is 7.81. The third kappa shape index (κ3) is 5.95. The van der Waals surface area contributed by atoms with E-state index >= 15 is 0 Å². The summed E-state index contributed by atoms with van der Waals surface area (Å²) in [6, 6.07) is 19.9. The first-order chi connectivity index (χ1) is 16.6. The van der Waals surface area contributed by atoms with Gasteiger partial charge < -0.3 is 5.11 Å². The molecule has 0 unspecified atom stereocenters. The molecule has 6 nitrogen and oxygen atoms in total. The highest BCUT2D eigenvalue weighted by Gasteiger charge is 2.13. The average Bonchev–Trinajstić information content (AvgIpc) is 3.25. The number of carbonyl (C=O) groups is 1. The van der Waals surface area contributed by atoms with E-state index in [0.717, 1.165) is 48.6 Å². The van der Waals surface area contributed by atoms with Crippen LogP contribution in [0.5, 0.6) is 0 Å². The first-order valence-electron chi connectivity index (χ1n) is 11.9. The smallest absolute Gasteiger partial charge is 0.336 e. The molecule has 0 radical (unpaired) electrons. The maximum atomic E-state index is 11.5. The van der Waals surface area contributed by atoms with E-state index in [1.807, 2.05) is 30.3 Å². The number of benzene rings is 2. The van der Waals surface area contributed by atoms with Crippen LogP contribution in [0, 0.1) is 0 Å². The number of pyridine rings is 1. The van der Waals surface area contributed by atoms with Crippen LogP contribution >= 0.6 is 0 Å². The number of aromatic carboxylic acids is 1. The number of hydrogen-bond donors (Lipinski definition) is 1. The van der Waals surface area contributed by atoms with Gasteiger partial charge in [0.1, 0.15) is 5.82 Å².